The van der Waals surface area contributed by atoms with E-state index in [-0.39, 0.29) is 17.5 Å². The molecule has 23 heavy (non-hydrogen) atoms. The summed E-state index contributed by atoms with van der Waals surface area (Å²) in [5.74, 6) is -0.384. The quantitative estimate of drug-likeness (QED) is 0.888. The van der Waals surface area contributed by atoms with Crippen LogP contribution in [0.15, 0.2) is 36.5 Å². The zero-order valence-electron chi connectivity index (χ0n) is 12.7. The number of nitrogens with one attached hydrogen (secondary N) is 2. The number of amides is 1. The van der Waals surface area contributed by atoms with E-state index in [0.29, 0.717) is 12.2 Å². The van der Waals surface area contributed by atoms with Crippen LogP contribution in [0.5, 0.6) is 0 Å². The van der Waals surface area contributed by atoms with Crippen LogP contribution in [0.25, 0.3) is 5.69 Å². The lowest BCUT2D eigenvalue weighted by atomic mass is 10.1. The van der Waals surface area contributed by atoms with Gasteiger partial charge in [-0.15, -0.1) is 0 Å². The summed E-state index contributed by atoms with van der Waals surface area (Å²) in [6, 6.07) is 6.94. The van der Waals surface area contributed by atoms with Crippen molar-refractivity contribution in [2.75, 3.05) is 18.9 Å². The summed E-state index contributed by atoms with van der Waals surface area (Å²) < 4.78 is 39.4. The minimum absolute atomic E-state index is 0.165. The number of benzene rings is 1. The molecule has 2 N–H and O–H groups in total. The first-order chi connectivity index (χ1) is 10.8. The fourth-order valence-electron chi connectivity index (χ4n) is 2.07. The third-order valence-corrected chi connectivity index (χ3v) is 3.27. The van der Waals surface area contributed by atoms with Crippen molar-refractivity contribution in [1.29, 1.82) is 0 Å². The first-order valence-electron chi connectivity index (χ1n) is 7.00. The highest BCUT2D eigenvalue weighted by molar-refractivity contribution is 5.92. The summed E-state index contributed by atoms with van der Waals surface area (Å²) in [4.78, 5) is 11.9. The van der Waals surface area contributed by atoms with Gasteiger partial charge >= 0.3 is 6.18 Å². The van der Waals surface area contributed by atoms with Crippen molar-refractivity contribution in [2.24, 2.45) is 5.92 Å². The number of carbonyl (C=O) groups excluding carboxylic acids is 1. The minimum atomic E-state index is -4.48. The maximum absolute atomic E-state index is 12.9. The number of hydrogen-bond acceptors (Lipinski definition) is 3. The Hall–Kier alpha value is -2.35. The lowest BCUT2D eigenvalue weighted by Gasteiger charge is -2.13. The monoisotopic (exact) mass is 326 g/mol. The molecule has 1 aromatic heterocycles. The number of rotatable bonds is 5. The average molecular weight is 326 g/mol. The Morgan fingerprint density at radius 2 is 1.91 bits per heavy atom. The SMILES string of the molecule is CNCC(C)C(=O)Nc1ccc(-n2nccc2C(F)(F)F)cc1. The first-order valence-corrected chi connectivity index (χ1v) is 7.00. The normalized spacial score (nSPS) is 12.9. The molecule has 0 aliphatic rings. The molecular formula is C15H17F3N4O. The van der Waals surface area contributed by atoms with E-state index in [1.807, 2.05) is 0 Å². The molecule has 1 unspecified atom stereocenters. The van der Waals surface area contributed by atoms with Gasteiger partial charge in [0.2, 0.25) is 5.91 Å². The van der Waals surface area contributed by atoms with Gasteiger partial charge in [0.05, 0.1) is 11.9 Å². The molecule has 0 spiro atoms. The number of hydrogen-bond donors (Lipinski definition) is 2. The fourth-order valence-corrected chi connectivity index (χ4v) is 2.07. The molecule has 0 fully saturated rings. The molecule has 0 saturated carbocycles. The van der Waals surface area contributed by atoms with Gasteiger partial charge in [0, 0.05) is 18.2 Å². The summed E-state index contributed by atoms with van der Waals surface area (Å²) in [6.07, 6.45) is -3.39. The van der Waals surface area contributed by atoms with E-state index in [0.717, 1.165) is 16.9 Å². The van der Waals surface area contributed by atoms with E-state index in [9.17, 15) is 18.0 Å². The van der Waals surface area contributed by atoms with Gasteiger partial charge in [0.25, 0.3) is 0 Å². The van der Waals surface area contributed by atoms with Crippen LogP contribution in [0.3, 0.4) is 0 Å². The number of halogens is 3. The second-order valence-electron chi connectivity index (χ2n) is 5.12. The van der Waals surface area contributed by atoms with E-state index in [2.05, 4.69) is 15.7 Å². The van der Waals surface area contributed by atoms with Gasteiger partial charge in [-0.05, 0) is 37.4 Å². The van der Waals surface area contributed by atoms with Crippen LogP contribution in [0.1, 0.15) is 12.6 Å². The summed E-state index contributed by atoms with van der Waals surface area (Å²) in [7, 11) is 1.75. The minimum Gasteiger partial charge on any atom is -0.326 e. The van der Waals surface area contributed by atoms with Crippen molar-refractivity contribution in [2.45, 2.75) is 13.1 Å². The molecule has 1 atom stereocenters. The van der Waals surface area contributed by atoms with Gasteiger partial charge in [-0.2, -0.15) is 18.3 Å². The Labute approximate surface area is 131 Å². The van der Waals surface area contributed by atoms with Gasteiger partial charge in [0.1, 0.15) is 5.69 Å². The molecule has 0 radical (unpaired) electrons. The van der Waals surface area contributed by atoms with Crippen LogP contribution in [0, 0.1) is 5.92 Å². The topological polar surface area (TPSA) is 59.0 Å². The van der Waals surface area contributed by atoms with Gasteiger partial charge in [-0.25, -0.2) is 4.68 Å². The van der Waals surface area contributed by atoms with Gasteiger partial charge in [0.15, 0.2) is 0 Å². The van der Waals surface area contributed by atoms with Crippen molar-refractivity contribution < 1.29 is 18.0 Å². The third-order valence-electron chi connectivity index (χ3n) is 3.27. The van der Waals surface area contributed by atoms with Gasteiger partial charge in [-0.1, -0.05) is 6.92 Å². The van der Waals surface area contributed by atoms with Crippen molar-refractivity contribution >= 4 is 11.6 Å². The number of nitrogens with zero attached hydrogens (tertiary/aromatic N) is 2. The van der Waals surface area contributed by atoms with Crippen LogP contribution in [0.2, 0.25) is 0 Å². The van der Waals surface area contributed by atoms with Crippen LogP contribution in [-0.4, -0.2) is 29.3 Å². The smallest absolute Gasteiger partial charge is 0.326 e. The van der Waals surface area contributed by atoms with E-state index >= 15 is 0 Å². The molecule has 1 heterocycles. The predicted octanol–water partition coefficient (Wildman–Crippen LogP) is 2.69. The maximum Gasteiger partial charge on any atom is 0.433 e. The molecule has 0 aliphatic heterocycles. The lowest BCUT2D eigenvalue weighted by Crippen LogP contribution is -2.28. The van der Waals surface area contributed by atoms with Crippen molar-refractivity contribution in [1.82, 2.24) is 15.1 Å². The maximum atomic E-state index is 12.9. The summed E-state index contributed by atoms with van der Waals surface area (Å²) in [6.45, 7) is 2.31. The van der Waals surface area contributed by atoms with Gasteiger partial charge < -0.3 is 10.6 Å². The molecule has 0 saturated heterocycles. The molecule has 124 valence electrons. The van der Waals surface area contributed by atoms with Crippen molar-refractivity contribution in [3.8, 4) is 5.69 Å². The molecule has 0 aliphatic carbocycles. The molecule has 2 aromatic rings. The Morgan fingerprint density at radius 3 is 2.48 bits per heavy atom. The third kappa shape index (κ3) is 4.10. The lowest BCUT2D eigenvalue weighted by molar-refractivity contribution is -0.142. The number of anilines is 1. The summed E-state index contributed by atoms with van der Waals surface area (Å²) in [5, 5.41) is 9.31. The summed E-state index contributed by atoms with van der Waals surface area (Å²) in [5.41, 5.74) is -0.0667. The predicted molar refractivity (Wildman–Crippen MR) is 80.3 cm³/mol. The van der Waals surface area contributed by atoms with Crippen molar-refractivity contribution in [3.05, 3.63) is 42.2 Å². The average Bonchev–Trinajstić information content (AvgIpc) is 2.98. The molecule has 1 amide bonds. The van der Waals surface area contributed by atoms with Crippen LogP contribution < -0.4 is 10.6 Å². The standard InChI is InChI=1S/C15H17F3N4O/c1-10(9-19-2)14(23)21-11-3-5-12(6-4-11)22-13(7-8-20-22)15(16,17)18/h3-8,10,19H,9H2,1-2H3,(H,21,23). The van der Waals surface area contributed by atoms with Gasteiger partial charge in [-0.3, -0.25) is 4.79 Å². The van der Waals surface area contributed by atoms with Crippen molar-refractivity contribution in [3.63, 3.8) is 0 Å². The van der Waals surface area contributed by atoms with E-state index < -0.39 is 11.9 Å². The Kier molecular flexibility index (Phi) is 5.05. The first kappa shape index (κ1) is 17.0. The fraction of sp³-hybridized carbons (Fsp3) is 0.333. The highest BCUT2D eigenvalue weighted by atomic mass is 19.4. The Morgan fingerprint density at radius 1 is 1.26 bits per heavy atom. The molecule has 5 nitrogen and oxygen atoms in total. The van der Waals surface area contributed by atoms with Crippen LogP contribution >= 0.6 is 0 Å². The van der Waals surface area contributed by atoms with E-state index in [4.69, 9.17) is 0 Å². The second-order valence-corrected chi connectivity index (χ2v) is 5.12. The summed E-state index contributed by atoms with van der Waals surface area (Å²) >= 11 is 0. The van der Waals surface area contributed by atoms with Crippen LogP contribution in [-0.2, 0) is 11.0 Å². The molecule has 8 heteroatoms. The molecular weight excluding hydrogens is 309 g/mol. The highest BCUT2D eigenvalue weighted by Crippen LogP contribution is 2.30. The van der Waals surface area contributed by atoms with E-state index in [1.54, 1.807) is 26.1 Å². The zero-order chi connectivity index (χ0) is 17.0. The van der Waals surface area contributed by atoms with E-state index in [1.165, 1.54) is 12.1 Å². The Bertz CT molecular complexity index is 664. The molecule has 0 bridgehead atoms. The number of carbonyl (C=O) groups is 1. The zero-order valence-corrected chi connectivity index (χ0v) is 12.7. The largest absolute Gasteiger partial charge is 0.433 e. The molecule has 1 aromatic carbocycles. The Balaban J connectivity index is 2.15. The second kappa shape index (κ2) is 6.82. The number of aromatic nitrogens is 2. The number of alkyl halides is 3. The van der Waals surface area contributed by atoms with Crippen LogP contribution in [0.4, 0.5) is 18.9 Å². The molecule has 2 rings (SSSR count). The highest BCUT2D eigenvalue weighted by Gasteiger charge is 2.35.